The average molecular weight is 480 g/mol. The molecule has 0 aliphatic heterocycles. The van der Waals surface area contributed by atoms with Gasteiger partial charge < -0.3 is 19.3 Å². The van der Waals surface area contributed by atoms with Gasteiger partial charge in [0.25, 0.3) is 0 Å². The van der Waals surface area contributed by atoms with Gasteiger partial charge in [0.1, 0.15) is 0 Å². The maximum absolute atomic E-state index is 10.2. The fourth-order valence-electron chi connectivity index (χ4n) is 4.69. The quantitative estimate of drug-likeness (QED) is 0.340. The average Bonchev–Trinajstić information content (AvgIpc) is 3.33. The minimum absolute atomic E-state index is 0.0991. The van der Waals surface area contributed by atoms with E-state index in [1.165, 1.54) is 0 Å². The first-order valence-electron chi connectivity index (χ1n) is 11.9. The van der Waals surface area contributed by atoms with Crippen molar-refractivity contribution >= 4 is 16.6 Å². The Hall–Kier alpha value is -4.23. The highest BCUT2D eigenvalue weighted by Gasteiger charge is 2.22. The summed E-state index contributed by atoms with van der Waals surface area (Å²) in [6.07, 6.45) is 5.28. The molecular formula is C29H29N5O2. The van der Waals surface area contributed by atoms with Crippen molar-refractivity contribution in [2.24, 2.45) is 7.05 Å². The number of pyridine rings is 2. The maximum atomic E-state index is 10.2. The van der Waals surface area contributed by atoms with E-state index < -0.39 is 0 Å². The predicted octanol–water partition coefficient (Wildman–Crippen LogP) is 5.32. The van der Waals surface area contributed by atoms with Gasteiger partial charge in [0.2, 0.25) is 5.88 Å². The van der Waals surface area contributed by atoms with E-state index in [1.807, 2.05) is 69.0 Å². The largest absolute Gasteiger partial charge is 0.477 e. The van der Waals surface area contributed by atoms with Crippen LogP contribution in [0.3, 0.4) is 0 Å². The van der Waals surface area contributed by atoms with E-state index in [0.717, 1.165) is 55.8 Å². The molecule has 3 heterocycles. The summed E-state index contributed by atoms with van der Waals surface area (Å²) in [5.74, 6) is 0.612. The summed E-state index contributed by atoms with van der Waals surface area (Å²) in [6.45, 7) is 2.39. The van der Waals surface area contributed by atoms with Crippen molar-refractivity contribution in [2.75, 3.05) is 25.6 Å². The summed E-state index contributed by atoms with van der Waals surface area (Å²) < 4.78 is 7.97. The van der Waals surface area contributed by atoms with Gasteiger partial charge in [0, 0.05) is 38.3 Å². The van der Waals surface area contributed by atoms with Crippen LogP contribution in [0.1, 0.15) is 12.5 Å². The van der Waals surface area contributed by atoms with Crippen molar-refractivity contribution in [3.8, 4) is 39.5 Å². The molecule has 2 aromatic carbocycles. The van der Waals surface area contributed by atoms with E-state index in [4.69, 9.17) is 14.7 Å². The summed E-state index contributed by atoms with van der Waals surface area (Å²) >= 11 is 0. The van der Waals surface area contributed by atoms with Gasteiger partial charge in [-0.25, -0.2) is 9.97 Å². The monoisotopic (exact) mass is 479 g/mol. The number of aliphatic hydroxyl groups excluding tert-OH is 1. The van der Waals surface area contributed by atoms with Crippen LogP contribution in [0.2, 0.25) is 0 Å². The predicted molar refractivity (Wildman–Crippen MR) is 144 cm³/mol. The first-order valence-corrected chi connectivity index (χ1v) is 11.9. The van der Waals surface area contributed by atoms with Crippen LogP contribution < -0.4 is 9.64 Å². The van der Waals surface area contributed by atoms with Gasteiger partial charge >= 0.3 is 0 Å². The Balaban J connectivity index is 1.83. The molecule has 0 atom stereocenters. The van der Waals surface area contributed by atoms with Crippen molar-refractivity contribution in [3.63, 3.8) is 0 Å². The number of nitrogens with zero attached hydrogens (tertiary/aromatic N) is 5. The molecule has 182 valence electrons. The van der Waals surface area contributed by atoms with Crippen molar-refractivity contribution in [1.29, 1.82) is 0 Å². The number of aromatic nitrogens is 4. The van der Waals surface area contributed by atoms with E-state index in [1.54, 1.807) is 18.7 Å². The molecule has 36 heavy (non-hydrogen) atoms. The highest BCUT2D eigenvalue weighted by atomic mass is 16.5. The Kier molecular flexibility index (Phi) is 6.40. The van der Waals surface area contributed by atoms with Crippen LogP contribution in [-0.2, 0) is 13.7 Å². The first-order chi connectivity index (χ1) is 17.5. The number of hydrogen-bond acceptors (Lipinski definition) is 6. The number of hydrogen-bond donors (Lipinski definition) is 1. The van der Waals surface area contributed by atoms with Crippen LogP contribution in [0.5, 0.6) is 5.88 Å². The Morgan fingerprint density at radius 3 is 2.47 bits per heavy atom. The summed E-state index contributed by atoms with van der Waals surface area (Å²) in [6, 6.07) is 18.2. The van der Waals surface area contributed by atoms with Crippen LogP contribution in [0.4, 0.5) is 5.69 Å². The summed E-state index contributed by atoms with van der Waals surface area (Å²) in [5, 5.41) is 11.2. The van der Waals surface area contributed by atoms with E-state index in [9.17, 15) is 5.11 Å². The molecule has 0 aliphatic rings. The second-order valence-electron chi connectivity index (χ2n) is 8.81. The van der Waals surface area contributed by atoms with Gasteiger partial charge in [-0.05, 0) is 41.8 Å². The molecule has 3 aromatic heterocycles. The standard InChI is InChI=1S/C29H29N5O2/c1-5-36-29-26(19-9-7-6-8-10-19)28(33(2)3)22-15-20(11-12-23(22)32-29)25-21(17-35)13-14-31-27(25)24-16-30-18-34(24)4/h6-16,18,35H,5,17H2,1-4H3. The Morgan fingerprint density at radius 1 is 1.00 bits per heavy atom. The minimum atomic E-state index is -0.0991. The Bertz CT molecular complexity index is 1530. The van der Waals surface area contributed by atoms with E-state index in [0.29, 0.717) is 12.5 Å². The molecule has 0 unspecified atom stereocenters. The molecule has 5 aromatic rings. The molecule has 0 saturated carbocycles. The van der Waals surface area contributed by atoms with Crippen LogP contribution >= 0.6 is 0 Å². The zero-order valence-electron chi connectivity index (χ0n) is 20.9. The normalized spacial score (nSPS) is 11.1. The number of aliphatic hydroxyl groups is 1. The van der Waals surface area contributed by atoms with Gasteiger partial charge in [-0.1, -0.05) is 36.4 Å². The third-order valence-corrected chi connectivity index (χ3v) is 6.27. The Labute approximate surface area is 210 Å². The molecule has 7 nitrogen and oxygen atoms in total. The second-order valence-corrected chi connectivity index (χ2v) is 8.81. The zero-order valence-corrected chi connectivity index (χ0v) is 20.9. The van der Waals surface area contributed by atoms with Crippen LogP contribution in [0.25, 0.3) is 44.5 Å². The smallest absolute Gasteiger partial charge is 0.224 e. The lowest BCUT2D eigenvalue weighted by molar-refractivity contribution is 0.282. The number of benzene rings is 2. The van der Waals surface area contributed by atoms with Crippen molar-refractivity contribution in [3.05, 3.63) is 78.9 Å². The van der Waals surface area contributed by atoms with E-state index >= 15 is 0 Å². The molecule has 0 aliphatic carbocycles. The third kappa shape index (κ3) is 4.07. The Morgan fingerprint density at radius 2 is 1.81 bits per heavy atom. The number of rotatable bonds is 7. The maximum Gasteiger partial charge on any atom is 0.224 e. The van der Waals surface area contributed by atoms with Crippen LogP contribution in [0, 0.1) is 0 Å². The molecule has 0 spiro atoms. The van der Waals surface area contributed by atoms with Gasteiger partial charge in [-0.2, -0.15) is 0 Å². The number of fused-ring (bicyclic) bond motifs is 1. The van der Waals surface area contributed by atoms with Gasteiger partial charge in [0.15, 0.2) is 0 Å². The fraction of sp³-hybridized carbons (Fsp3) is 0.207. The molecule has 1 N–H and O–H groups in total. The van der Waals surface area contributed by atoms with Gasteiger partial charge in [-0.15, -0.1) is 0 Å². The lowest BCUT2D eigenvalue weighted by atomic mass is 9.94. The summed E-state index contributed by atoms with van der Waals surface area (Å²) in [4.78, 5) is 16.0. The van der Waals surface area contributed by atoms with E-state index in [2.05, 4.69) is 28.1 Å². The summed E-state index contributed by atoms with van der Waals surface area (Å²) in [5.41, 5.74) is 8.13. The molecule has 0 bridgehead atoms. The minimum Gasteiger partial charge on any atom is -0.477 e. The number of imidazole rings is 1. The van der Waals surface area contributed by atoms with Crippen LogP contribution in [-0.4, -0.2) is 45.3 Å². The number of ether oxygens (including phenoxy) is 1. The van der Waals surface area contributed by atoms with Crippen molar-refractivity contribution < 1.29 is 9.84 Å². The number of aryl methyl sites for hydroxylation is 1. The summed E-state index contributed by atoms with van der Waals surface area (Å²) in [7, 11) is 6.01. The molecule has 0 saturated heterocycles. The lowest BCUT2D eigenvalue weighted by Crippen LogP contribution is -2.13. The fourth-order valence-corrected chi connectivity index (χ4v) is 4.69. The van der Waals surface area contributed by atoms with Crippen molar-refractivity contribution in [1.82, 2.24) is 19.5 Å². The number of anilines is 1. The molecule has 7 heteroatoms. The first kappa shape index (κ1) is 23.5. The highest BCUT2D eigenvalue weighted by Crippen LogP contribution is 2.44. The van der Waals surface area contributed by atoms with Gasteiger partial charge in [-0.3, -0.25) is 4.98 Å². The molecule has 5 rings (SSSR count). The lowest BCUT2D eigenvalue weighted by Gasteiger charge is -2.23. The zero-order chi connectivity index (χ0) is 25.2. The SMILES string of the molecule is CCOc1nc2ccc(-c3c(CO)ccnc3-c3cncn3C)cc2c(N(C)C)c1-c1ccccc1. The van der Waals surface area contributed by atoms with Gasteiger partial charge in [0.05, 0.1) is 53.9 Å². The van der Waals surface area contributed by atoms with Crippen molar-refractivity contribution in [2.45, 2.75) is 13.5 Å². The second kappa shape index (κ2) is 9.79. The molecule has 0 radical (unpaired) electrons. The third-order valence-electron chi connectivity index (χ3n) is 6.27. The molecule has 0 fully saturated rings. The topological polar surface area (TPSA) is 76.3 Å². The molecule has 0 amide bonds. The molecular weight excluding hydrogens is 450 g/mol. The highest BCUT2D eigenvalue weighted by molar-refractivity contribution is 6.04. The van der Waals surface area contributed by atoms with E-state index in [-0.39, 0.29) is 6.61 Å². The van der Waals surface area contributed by atoms with Crippen LogP contribution in [0.15, 0.2) is 73.3 Å².